The highest BCUT2D eigenvalue weighted by Gasteiger charge is 2.14. The van der Waals surface area contributed by atoms with Crippen LogP contribution in [-0.2, 0) is 4.74 Å². The van der Waals surface area contributed by atoms with E-state index in [1.165, 1.54) is 24.3 Å². The predicted molar refractivity (Wildman–Crippen MR) is 111 cm³/mol. The summed E-state index contributed by atoms with van der Waals surface area (Å²) in [7, 11) is 0. The summed E-state index contributed by atoms with van der Waals surface area (Å²) in [6.07, 6.45) is 1.65. The third kappa shape index (κ3) is 3.69. The first-order valence-electron chi connectivity index (χ1n) is 9.67. The highest BCUT2D eigenvalue weighted by molar-refractivity contribution is 5.67. The van der Waals surface area contributed by atoms with Gasteiger partial charge in [-0.3, -0.25) is 0 Å². The summed E-state index contributed by atoms with van der Waals surface area (Å²) in [5, 5.41) is 7.83. The van der Waals surface area contributed by atoms with E-state index in [9.17, 15) is 8.78 Å². The number of nitrogens with zero attached hydrogens (tertiary/aromatic N) is 4. The molecule has 2 aromatic heterocycles. The van der Waals surface area contributed by atoms with E-state index in [4.69, 9.17) is 4.74 Å². The number of morpholine rings is 1. The normalized spacial score (nSPS) is 14.3. The van der Waals surface area contributed by atoms with E-state index in [-0.39, 0.29) is 11.6 Å². The van der Waals surface area contributed by atoms with E-state index in [1.54, 1.807) is 22.8 Å². The zero-order chi connectivity index (χ0) is 20.5. The Labute approximate surface area is 171 Å². The van der Waals surface area contributed by atoms with Crippen LogP contribution in [0.1, 0.15) is 0 Å². The highest BCUT2D eigenvalue weighted by atomic mass is 19.1. The van der Waals surface area contributed by atoms with Crippen LogP contribution in [0.2, 0.25) is 0 Å². The fraction of sp³-hybridized carbons (Fsp3) is 0.182. The van der Waals surface area contributed by atoms with E-state index in [1.807, 2.05) is 18.2 Å². The Hall–Kier alpha value is -3.52. The number of fused-ring (bicyclic) bond motifs is 1. The van der Waals surface area contributed by atoms with Crippen LogP contribution in [0.25, 0.3) is 16.9 Å². The number of ether oxygens (including phenoxy) is 1. The van der Waals surface area contributed by atoms with Crippen LogP contribution < -0.4 is 10.2 Å². The number of hydrogen-bond acceptors (Lipinski definition) is 5. The molecular formula is C22H19F2N5O. The lowest BCUT2D eigenvalue weighted by Crippen LogP contribution is -2.36. The number of nitrogens with one attached hydrogen (secondary N) is 1. The zero-order valence-corrected chi connectivity index (χ0v) is 16.1. The van der Waals surface area contributed by atoms with Gasteiger partial charge in [-0.1, -0.05) is 0 Å². The molecule has 1 saturated heterocycles. The van der Waals surface area contributed by atoms with Gasteiger partial charge in [0.1, 0.15) is 11.6 Å². The Morgan fingerprint density at radius 2 is 1.70 bits per heavy atom. The lowest BCUT2D eigenvalue weighted by atomic mass is 10.1. The van der Waals surface area contributed by atoms with Crippen LogP contribution >= 0.6 is 0 Å². The summed E-state index contributed by atoms with van der Waals surface area (Å²) in [4.78, 5) is 6.45. The lowest BCUT2D eigenvalue weighted by molar-refractivity contribution is 0.122. The lowest BCUT2D eigenvalue weighted by Gasteiger charge is -2.29. The summed E-state index contributed by atoms with van der Waals surface area (Å²) in [6.45, 7) is 2.70. The number of imidazole rings is 1. The molecular weight excluding hydrogens is 388 g/mol. The second-order valence-electron chi connectivity index (χ2n) is 7.06. The number of benzene rings is 2. The fourth-order valence-electron chi connectivity index (χ4n) is 3.53. The molecule has 1 aliphatic rings. The molecule has 6 nitrogen and oxygen atoms in total. The van der Waals surface area contributed by atoms with Crippen molar-refractivity contribution >= 4 is 22.8 Å². The number of aromatic nitrogens is 3. The minimum absolute atomic E-state index is 0.299. The third-order valence-corrected chi connectivity index (χ3v) is 5.03. The summed E-state index contributed by atoms with van der Waals surface area (Å²) in [5.74, 6) is -0.0187. The van der Waals surface area contributed by atoms with Gasteiger partial charge in [-0.15, -0.1) is 0 Å². The van der Waals surface area contributed by atoms with Gasteiger partial charge in [0.2, 0.25) is 0 Å². The Bertz CT molecular complexity index is 1190. The van der Waals surface area contributed by atoms with Gasteiger partial charge in [-0.2, -0.15) is 9.61 Å². The van der Waals surface area contributed by atoms with Gasteiger partial charge in [0.15, 0.2) is 11.5 Å². The van der Waals surface area contributed by atoms with Crippen molar-refractivity contribution in [2.75, 3.05) is 36.5 Å². The standard InChI is InChI=1S/C22H19F2N5O/c23-16-3-1-15(2-4-16)20-5-6-21-25-14-22(29(21)27-20)26-18-11-17(24)12-19(13-18)28-7-9-30-10-8-28/h1-6,11-14,26H,7-10H2. The van der Waals surface area contributed by atoms with Crippen LogP contribution in [0.3, 0.4) is 0 Å². The van der Waals surface area contributed by atoms with Crippen LogP contribution in [0.15, 0.2) is 60.8 Å². The van der Waals surface area contributed by atoms with Crippen molar-refractivity contribution in [2.45, 2.75) is 0 Å². The average Bonchev–Trinajstić information content (AvgIpc) is 3.16. The highest BCUT2D eigenvalue weighted by Crippen LogP contribution is 2.26. The quantitative estimate of drug-likeness (QED) is 0.548. The molecule has 30 heavy (non-hydrogen) atoms. The SMILES string of the molecule is Fc1ccc(-c2ccc3ncc(Nc4cc(F)cc(N5CCOCC5)c4)n3n2)cc1. The van der Waals surface area contributed by atoms with Crippen LogP contribution in [0.4, 0.5) is 26.0 Å². The molecule has 2 aromatic carbocycles. The molecule has 4 aromatic rings. The molecule has 0 bridgehead atoms. The average molecular weight is 407 g/mol. The van der Waals surface area contributed by atoms with Gasteiger partial charge in [0, 0.05) is 30.0 Å². The van der Waals surface area contributed by atoms with Crippen molar-refractivity contribution in [2.24, 2.45) is 0 Å². The van der Waals surface area contributed by atoms with Crippen LogP contribution in [0.5, 0.6) is 0 Å². The molecule has 8 heteroatoms. The maximum absolute atomic E-state index is 14.3. The third-order valence-electron chi connectivity index (χ3n) is 5.03. The minimum atomic E-state index is -0.324. The summed E-state index contributed by atoms with van der Waals surface area (Å²) < 4.78 is 34.5. The van der Waals surface area contributed by atoms with Crippen molar-refractivity contribution < 1.29 is 13.5 Å². The topological polar surface area (TPSA) is 54.7 Å². The molecule has 0 unspecified atom stereocenters. The first-order chi connectivity index (χ1) is 14.7. The maximum Gasteiger partial charge on any atom is 0.155 e. The van der Waals surface area contributed by atoms with Gasteiger partial charge in [0.25, 0.3) is 0 Å². The van der Waals surface area contributed by atoms with Gasteiger partial charge in [-0.05, 0) is 54.6 Å². The molecule has 0 saturated carbocycles. The summed E-state index contributed by atoms with van der Waals surface area (Å²) in [6, 6.07) is 14.7. The molecule has 0 radical (unpaired) electrons. The molecule has 1 aliphatic heterocycles. The molecule has 1 N–H and O–H groups in total. The number of halogens is 2. The maximum atomic E-state index is 14.3. The molecule has 3 heterocycles. The molecule has 0 atom stereocenters. The number of hydrogen-bond donors (Lipinski definition) is 1. The van der Waals surface area contributed by atoms with Gasteiger partial charge in [0.05, 0.1) is 25.1 Å². The second kappa shape index (κ2) is 7.72. The van der Waals surface area contributed by atoms with E-state index in [2.05, 4.69) is 20.3 Å². The largest absolute Gasteiger partial charge is 0.378 e. The molecule has 0 spiro atoms. The van der Waals surface area contributed by atoms with Crippen molar-refractivity contribution in [3.63, 3.8) is 0 Å². The molecule has 152 valence electrons. The first kappa shape index (κ1) is 18.5. The van der Waals surface area contributed by atoms with Gasteiger partial charge in [-0.25, -0.2) is 13.8 Å². The molecule has 0 aliphatic carbocycles. The van der Waals surface area contributed by atoms with Crippen molar-refractivity contribution in [1.29, 1.82) is 0 Å². The monoisotopic (exact) mass is 407 g/mol. The fourth-order valence-corrected chi connectivity index (χ4v) is 3.53. The van der Waals surface area contributed by atoms with Crippen LogP contribution in [-0.4, -0.2) is 40.9 Å². The van der Waals surface area contributed by atoms with Crippen molar-refractivity contribution in [1.82, 2.24) is 14.6 Å². The number of rotatable bonds is 4. The van der Waals surface area contributed by atoms with Crippen molar-refractivity contribution in [3.05, 3.63) is 72.4 Å². The van der Waals surface area contributed by atoms with Crippen molar-refractivity contribution in [3.8, 4) is 11.3 Å². The Morgan fingerprint density at radius 1 is 0.900 bits per heavy atom. The Kier molecular flexibility index (Phi) is 4.76. The molecule has 0 amide bonds. The molecule has 1 fully saturated rings. The first-order valence-corrected chi connectivity index (χ1v) is 9.67. The molecule has 5 rings (SSSR count). The van der Waals surface area contributed by atoms with E-state index in [0.717, 1.165) is 24.3 Å². The summed E-state index contributed by atoms with van der Waals surface area (Å²) >= 11 is 0. The minimum Gasteiger partial charge on any atom is -0.378 e. The van der Waals surface area contributed by atoms with E-state index in [0.29, 0.717) is 36.1 Å². The van der Waals surface area contributed by atoms with Crippen LogP contribution in [0, 0.1) is 11.6 Å². The summed E-state index contributed by atoms with van der Waals surface area (Å²) in [5.41, 5.74) is 3.52. The second-order valence-corrected chi connectivity index (χ2v) is 7.06. The van der Waals surface area contributed by atoms with Gasteiger partial charge < -0.3 is 15.0 Å². The number of anilines is 3. The Morgan fingerprint density at radius 3 is 2.50 bits per heavy atom. The van der Waals surface area contributed by atoms with E-state index >= 15 is 0 Å². The zero-order valence-electron chi connectivity index (χ0n) is 16.1. The predicted octanol–water partition coefficient (Wildman–Crippen LogP) is 4.25. The van der Waals surface area contributed by atoms with E-state index < -0.39 is 0 Å². The smallest absolute Gasteiger partial charge is 0.155 e. The van der Waals surface area contributed by atoms with Gasteiger partial charge >= 0.3 is 0 Å². The Balaban J connectivity index is 1.47.